The molecule has 0 aromatic heterocycles. The lowest BCUT2D eigenvalue weighted by Crippen LogP contribution is -2.50. The number of hydrogen-bond donors (Lipinski definition) is 3. The zero-order valence-corrected chi connectivity index (χ0v) is 38.9. The minimum atomic E-state index is -3.55. The van der Waals surface area contributed by atoms with Gasteiger partial charge in [-0.15, -0.1) is 0 Å². The van der Waals surface area contributed by atoms with Gasteiger partial charge in [-0.05, 0) is 55.8 Å². The standard InChI is InChI=1S/C46H84N5O8P/c1-51(2,3)33-36-59-60(57,58-35-19-17-15-13-11-9-7-5-4-6-8-10-12-14-16-18-34-52)44-23-21-42(22-24-44)37-43-38-49-29-27-47(28-32-50(39-43)41-46(55)56)25-20-26-48(30-31-49)40-45(53)54/h21-24,43,52H,4-20,25-41H2,1-3H3,(H-,53,54,55,56)/p+1. The van der Waals surface area contributed by atoms with Crippen molar-refractivity contribution in [1.29, 1.82) is 0 Å². The zero-order chi connectivity index (χ0) is 43.5. The molecule has 2 heterocycles. The highest BCUT2D eigenvalue weighted by atomic mass is 31.2. The Bertz CT molecular complexity index is 1350. The van der Waals surface area contributed by atoms with E-state index in [4.69, 9.17) is 14.2 Å². The summed E-state index contributed by atoms with van der Waals surface area (Å²) in [6, 6.07) is 7.83. The predicted octanol–water partition coefficient (Wildman–Crippen LogP) is 6.43. The number of carboxylic acids is 2. The molecular formula is C46H85N5O8P+. The number of aliphatic hydroxyl groups is 1. The first kappa shape index (κ1) is 52.4. The molecule has 14 heteroatoms. The van der Waals surface area contributed by atoms with E-state index in [9.17, 15) is 24.4 Å². The Balaban J connectivity index is 1.53. The van der Waals surface area contributed by atoms with Gasteiger partial charge >= 0.3 is 19.5 Å². The highest BCUT2D eigenvalue weighted by Crippen LogP contribution is 2.47. The Labute approximate surface area is 363 Å². The van der Waals surface area contributed by atoms with Crippen LogP contribution >= 0.6 is 7.60 Å². The van der Waals surface area contributed by atoms with Crippen molar-refractivity contribution >= 4 is 24.8 Å². The van der Waals surface area contributed by atoms with Crippen LogP contribution in [0.3, 0.4) is 0 Å². The molecule has 0 amide bonds. The van der Waals surface area contributed by atoms with Crippen LogP contribution in [0, 0.1) is 5.92 Å². The number of rotatable bonds is 30. The molecule has 2 fully saturated rings. The van der Waals surface area contributed by atoms with Crippen LogP contribution in [0.15, 0.2) is 24.3 Å². The second-order valence-corrected chi connectivity index (χ2v) is 20.6. The molecule has 346 valence electrons. The molecule has 0 saturated carbocycles. The number of carbonyl (C=O) groups is 2. The summed E-state index contributed by atoms with van der Waals surface area (Å²) in [5, 5.41) is 28.7. The molecule has 1 aromatic rings. The number of nitrogens with zero attached hydrogens (tertiary/aromatic N) is 5. The van der Waals surface area contributed by atoms with Gasteiger partial charge in [-0.1, -0.05) is 102 Å². The van der Waals surface area contributed by atoms with E-state index < -0.39 is 19.5 Å². The number of fused-ring (bicyclic) bond motifs is 3. The number of hydrogen-bond acceptors (Lipinski definition) is 10. The maximum absolute atomic E-state index is 14.4. The molecule has 3 N–H and O–H groups in total. The summed E-state index contributed by atoms with van der Waals surface area (Å²) in [4.78, 5) is 32.4. The van der Waals surface area contributed by atoms with Crippen LogP contribution in [0.5, 0.6) is 0 Å². The van der Waals surface area contributed by atoms with Crippen LogP contribution < -0.4 is 5.30 Å². The monoisotopic (exact) mass is 867 g/mol. The van der Waals surface area contributed by atoms with Gasteiger partial charge < -0.3 is 34.1 Å². The Morgan fingerprint density at radius 2 is 1.10 bits per heavy atom. The SMILES string of the molecule is C[N+](C)(C)CCOP(=O)(OCCCCCCCCCCCCCCCCCCO)c1ccc(CC2CN3CCN(CCCN(CC(=O)O)CC3)CCN(CC(=O)O)C2)cc1. The first-order valence-electron chi connectivity index (χ1n) is 23.6. The Morgan fingerprint density at radius 1 is 0.617 bits per heavy atom. The van der Waals surface area contributed by atoms with Gasteiger partial charge in [0.05, 0.1) is 46.1 Å². The molecule has 2 saturated heterocycles. The molecule has 60 heavy (non-hydrogen) atoms. The molecule has 0 radical (unpaired) electrons. The Morgan fingerprint density at radius 3 is 1.67 bits per heavy atom. The van der Waals surface area contributed by atoms with Crippen LogP contribution in [0.1, 0.15) is 115 Å². The summed E-state index contributed by atoms with van der Waals surface area (Å²) in [6.45, 7) is 9.47. The number of aliphatic hydroxyl groups excluding tert-OH is 1. The van der Waals surface area contributed by atoms with Crippen molar-refractivity contribution in [2.24, 2.45) is 5.92 Å². The average molecular weight is 867 g/mol. The quantitative estimate of drug-likeness (QED) is 0.0446. The lowest BCUT2D eigenvalue weighted by Gasteiger charge is -2.38. The minimum absolute atomic E-state index is 0.00420. The molecule has 2 bridgehead atoms. The molecule has 2 aliphatic heterocycles. The third-order valence-corrected chi connectivity index (χ3v) is 14.0. The van der Waals surface area contributed by atoms with Gasteiger partial charge in [-0.2, -0.15) is 0 Å². The topological polar surface area (TPSA) is 143 Å². The number of unbranched alkanes of at least 4 members (excludes halogenated alkanes) is 15. The average Bonchev–Trinajstić information content (AvgIpc) is 3.19. The fourth-order valence-corrected chi connectivity index (χ4v) is 10.0. The van der Waals surface area contributed by atoms with Crippen molar-refractivity contribution in [2.45, 2.75) is 116 Å². The number of carboxylic acid groups (broad SMARTS) is 2. The van der Waals surface area contributed by atoms with E-state index >= 15 is 0 Å². The summed E-state index contributed by atoms with van der Waals surface area (Å²) in [7, 11) is 2.71. The second kappa shape index (κ2) is 30.2. The van der Waals surface area contributed by atoms with E-state index in [1.165, 1.54) is 70.6 Å². The maximum atomic E-state index is 14.4. The van der Waals surface area contributed by atoms with Crippen LogP contribution in [0.4, 0.5) is 0 Å². The third-order valence-electron chi connectivity index (χ3n) is 12.0. The van der Waals surface area contributed by atoms with Crippen molar-refractivity contribution in [3.05, 3.63) is 29.8 Å². The number of quaternary nitrogens is 1. The lowest BCUT2D eigenvalue weighted by atomic mass is 9.97. The zero-order valence-electron chi connectivity index (χ0n) is 38.0. The molecule has 1 aromatic carbocycles. The number of aliphatic carboxylic acids is 2. The van der Waals surface area contributed by atoms with Crippen LogP contribution in [0.25, 0.3) is 0 Å². The van der Waals surface area contributed by atoms with Crippen molar-refractivity contribution < 1.29 is 43.0 Å². The molecular weight excluding hydrogens is 782 g/mol. The van der Waals surface area contributed by atoms with Crippen LogP contribution in [0.2, 0.25) is 0 Å². The first-order valence-corrected chi connectivity index (χ1v) is 25.1. The maximum Gasteiger partial charge on any atom is 0.361 e. The fourth-order valence-electron chi connectivity index (χ4n) is 8.44. The second-order valence-electron chi connectivity index (χ2n) is 18.6. The lowest BCUT2D eigenvalue weighted by molar-refractivity contribution is -0.870. The molecule has 13 nitrogen and oxygen atoms in total. The normalized spacial score (nSPS) is 21.1. The summed E-state index contributed by atoms with van der Waals surface area (Å²) >= 11 is 0. The summed E-state index contributed by atoms with van der Waals surface area (Å²) < 4.78 is 27.4. The first-order chi connectivity index (χ1) is 28.8. The summed E-state index contributed by atoms with van der Waals surface area (Å²) in [5.74, 6) is -1.48. The molecule has 2 aliphatic rings. The van der Waals surface area contributed by atoms with E-state index in [1.807, 2.05) is 29.2 Å². The van der Waals surface area contributed by atoms with Crippen molar-refractivity contribution in [2.75, 3.05) is 126 Å². The van der Waals surface area contributed by atoms with Gasteiger partial charge in [0.25, 0.3) is 0 Å². The summed E-state index contributed by atoms with van der Waals surface area (Å²) in [5.41, 5.74) is 1.09. The van der Waals surface area contributed by atoms with E-state index in [0.717, 1.165) is 96.3 Å². The highest BCUT2D eigenvalue weighted by Gasteiger charge is 2.30. The van der Waals surface area contributed by atoms with E-state index in [-0.39, 0.29) is 19.0 Å². The van der Waals surface area contributed by atoms with Gasteiger partial charge in [-0.3, -0.25) is 28.5 Å². The van der Waals surface area contributed by atoms with Crippen LogP contribution in [-0.4, -0.2) is 177 Å². The molecule has 4 atom stereocenters. The molecule has 4 unspecified atom stereocenters. The van der Waals surface area contributed by atoms with Crippen LogP contribution in [-0.2, 0) is 29.6 Å². The van der Waals surface area contributed by atoms with Crippen molar-refractivity contribution in [1.82, 2.24) is 19.6 Å². The van der Waals surface area contributed by atoms with Crippen molar-refractivity contribution in [3.8, 4) is 0 Å². The number of benzene rings is 1. The summed E-state index contributed by atoms with van der Waals surface area (Å²) in [6.07, 6.45) is 21.1. The third kappa shape index (κ3) is 24.1. The van der Waals surface area contributed by atoms with Gasteiger partial charge in [0.1, 0.15) is 13.2 Å². The largest absolute Gasteiger partial charge is 0.480 e. The smallest absolute Gasteiger partial charge is 0.361 e. The Kier molecular flexibility index (Phi) is 26.4. The fraction of sp³-hybridized carbons (Fsp3) is 0.826. The Hall–Kier alpha value is -1.93. The molecule has 0 aliphatic carbocycles. The van der Waals surface area contributed by atoms with Gasteiger partial charge in [0, 0.05) is 65.5 Å². The van der Waals surface area contributed by atoms with E-state index in [1.54, 1.807) is 0 Å². The van der Waals surface area contributed by atoms with Gasteiger partial charge in [-0.25, -0.2) is 0 Å². The van der Waals surface area contributed by atoms with Crippen molar-refractivity contribution in [3.63, 3.8) is 0 Å². The van der Waals surface area contributed by atoms with Gasteiger partial charge in [0.2, 0.25) is 0 Å². The minimum Gasteiger partial charge on any atom is -0.480 e. The van der Waals surface area contributed by atoms with E-state index in [2.05, 4.69) is 35.8 Å². The predicted molar refractivity (Wildman–Crippen MR) is 242 cm³/mol. The highest BCUT2D eigenvalue weighted by molar-refractivity contribution is 7.62. The van der Waals surface area contributed by atoms with Gasteiger partial charge in [0.15, 0.2) is 0 Å². The molecule has 0 spiro atoms. The van der Waals surface area contributed by atoms with E-state index in [0.29, 0.717) is 55.8 Å². The molecule has 3 rings (SSSR count). The number of likely N-dealkylation sites (N-methyl/N-ethyl adjacent to an activating group) is 1.